The van der Waals surface area contributed by atoms with Crippen LogP contribution in [0.1, 0.15) is 18.5 Å². The Morgan fingerprint density at radius 3 is 2.44 bits per heavy atom. The molecule has 1 atom stereocenters. The lowest BCUT2D eigenvalue weighted by molar-refractivity contribution is 0.506. The SMILES string of the molecule is C[C@H](N)c1ccccc1Sc1ccc(F)c(F)c1. The molecule has 0 bridgehead atoms. The van der Waals surface area contributed by atoms with Gasteiger partial charge in [-0.3, -0.25) is 0 Å². The lowest BCUT2D eigenvalue weighted by atomic mass is 10.1. The molecule has 0 saturated heterocycles. The highest BCUT2D eigenvalue weighted by atomic mass is 32.2. The predicted molar refractivity (Wildman–Crippen MR) is 69.5 cm³/mol. The van der Waals surface area contributed by atoms with Crippen LogP contribution in [0.2, 0.25) is 0 Å². The minimum absolute atomic E-state index is 0.0982. The molecule has 0 amide bonds. The van der Waals surface area contributed by atoms with Crippen molar-refractivity contribution in [1.29, 1.82) is 0 Å². The van der Waals surface area contributed by atoms with Crippen molar-refractivity contribution in [3.8, 4) is 0 Å². The van der Waals surface area contributed by atoms with Crippen molar-refractivity contribution < 1.29 is 8.78 Å². The zero-order valence-corrected chi connectivity index (χ0v) is 10.7. The Labute approximate surface area is 109 Å². The van der Waals surface area contributed by atoms with Gasteiger partial charge in [-0.15, -0.1) is 0 Å². The molecule has 0 heterocycles. The topological polar surface area (TPSA) is 26.0 Å². The molecule has 0 aliphatic rings. The van der Waals surface area contributed by atoms with Gasteiger partial charge in [0.2, 0.25) is 0 Å². The van der Waals surface area contributed by atoms with Crippen LogP contribution >= 0.6 is 11.8 Å². The van der Waals surface area contributed by atoms with E-state index in [4.69, 9.17) is 5.73 Å². The summed E-state index contributed by atoms with van der Waals surface area (Å²) < 4.78 is 26.0. The highest BCUT2D eigenvalue weighted by Crippen LogP contribution is 2.33. The maximum atomic E-state index is 13.1. The number of rotatable bonds is 3. The number of benzene rings is 2. The van der Waals surface area contributed by atoms with Gasteiger partial charge in [-0.1, -0.05) is 30.0 Å². The van der Waals surface area contributed by atoms with Gasteiger partial charge in [-0.25, -0.2) is 8.78 Å². The fourth-order valence-corrected chi connectivity index (χ4v) is 2.69. The van der Waals surface area contributed by atoms with E-state index < -0.39 is 11.6 Å². The summed E-state index contributed by atoms with van der Waals surface area (Å²) in [5.74, 6) is -1.67. The van der Waals surface area contributed by atoms with Crippen molar-refractivity contribution >= 4 is 11.8 Å². The first-order chi connectivity index (χ1) is 8.58. The largest absolute Gasteiger partial charge is 0.324 e. The van der Waals surface area contributed by atoms with Gasteiger partial charge in [0.1, 0.15) is 0 Å². The number of hydrogen-bond donors (Lipinski definition) is 1. The first-order valence-electron chi connectivity index (χ1n) is 5.55. The van der Waals surface area contributed by atoms with Gasteiger partial charge in [0.25, 0.3) is 0 Å². The molecule has 2 N–H and O–H groups in total. The average molecular weight is 265 g/mol. The minimum Gasteiger partial charge on any atom is -0.324 e. The summed E-state index contributed by atoms with van der Waals surface area (Å²) in [7, 11) is 0. The molecule has 0 saturated carbocycles. The van der Waals surface area contributed by atoms with Gasteiger partial charge in [-0.05, 0) is 36.8 Å². The van der Waals surface area contributed by atoms with E-state index in [1.54, 1.807) is 6.07 Å². The highest BCUT2D eigenvalue weighted by molar-refractivity contribution is 7.99. The number of hydrogen-bond acceptors (Lipinski definition) is 2. The first-order valence-corrected chi connectivity index (χ1v) is 6.37. The van der Waals surface area contributed by atoms with Gasteiger partial charge in [0, 0.05) is 15.8 Å². The summed E-state index contributed by atoms with van der Waals surface area (Å²) in [6.45, 7) is 1.89. The summed E-state index contributed by atoms with van der Waals surface area (Å²) in [6, 6.07) is 11.4. The van der Waals surface area contributed by atoms with Crippen LogP contribution in [0.5, 0.6) is 0 Å². The summed E-state index contributed by atoms with van der Waals surface area (Å²) in [5, 5.41) is 0. The van der Waals surface area contributed by atoms with Gasteiger partial charge in [-0.2, -0.15) is 0 Å². The molecule has 4 heteroatoms. The van der Waals surface area contributed by atoms with Crippen LogP contribution in [-0.4, -0.2) is 0 Å². The zero-order chi connectivity index (χ0) is 13.1. The molecule has 1 nitrogen and oxygen atoms in total. The molecule has 18 heavy (non-hydrogen) atoms. The zero-order valence-electron chi connectivity index (χ0n) is 9.86. The molecule has 0 radical (unpaired) electrons. The molecule has 0 aliphatic carbocycles. The second-order valence-electron chi connectivity index (χ2n) is 4.00. The third-order valence-electron chi connectivity index (χ3n) is 2.53. The summed E-state index contributed by atoms with van der Waals surface area (Å²) in [4.78, 5) is 1.61. The standard InChI is InChI=1S/C14H13F2NS/c1-9(17)11-4-2-3-5-14(11)18-10-6-7-12(15)13(16)8-10/h2-9H,17H2,1H3/t9-/m0/s1. The fourth-order valence-electron chi connectivity index (χ4n) is 1.62. The van der Waals surface area contributed by atoms with Crippen LogP contribution in [0.15, 0.2) is 52.3 Å². The molecular weight excluding hydrogens is 252 g/mol. The number of nitrogens with two attached hydrogens (primary N) is 1. The summed E-state index contributed by atoms with van der Waals surface area (Å²) in [6.07, 6.45) is 0. The van der Waals surface area contributed by atoms with Crippen molar-refractivity contribution in [2.75, 3.05) is 0 Å². The van der Waals surface area contributed by atoms with Gasteiger partial charge in [0.05, 0.1) is 0 Å². The van der Waals surface area contributed by atoms with Crippen molar-refractivity contribution in [3.63, 3.8) is 0 Å². The van der Waals surface area contributed by atoms with Crippen LogP contribution in [0.3, 0.4) is 0 Å². The van der Waals surface area contributed by atoms with Crippen LogP contribution < -0.4 is 5.73 Å². The molecule has 0 aromatic heterocycles. The fraction of sp³-hybridized carbons (Fsp3) is 0.143. The van der Waals surface area contributed by atoms with Crippen molar-refractivity contribution in [1.82, 2.24) is 0 Å². The lowest BCUT2D eigenvalue weighted by Crippen LogP contribution is -2.05. The minimum atomic E-state index is -0.835. The predicted octanol–water partition coefficient (Wildman–Crippen LogP) is 4.14. The van der Waals surface area contributed by atoms with Crippen LogP contribution in [0.25, 0.3) is 0 Å². The quantitative estimate of drug-likeness (QED) is 0.902. The first kappa shape index (κ1) is 13.1. The van der Waals surface area contributed by atoms with Crippen molar-refractivity contribution in [2.45, 2.75) is 22.8 Å². The van der Waals surface area contributed by atoms with E-state index >= 15 is 0 Å². The van der Waals surface area contributed by atoms with Gasteiger partial charge < -0.3 is 5.73 Å². The average Bonchev–Trinajstić information content (AvgIpc) is 2.34. The Bertz CT molecular complexity index is 555. The normalized spacial score (nSPS) is 12.4. The Hall–Kier alpha value is -1.39. The second kappa shape index (κ2) is 5.50. The molecule has 0 aliphatic heterocycles. The molecule has 0 spiro atoms. The van der Waals surface area contributed by atoms with E-state index in [0.29, 0.717) is 4.90 Å². The molecule has 0 fully saturated rings. The molecule has 2 aromatic carbocycles. The highest BCUT2D eigenvalue weighted by Gasteiger charge is 2.09. The maximum Gasteiger partial charge on any atom is 0.159 e. The van der Waals surface area contributed by atoms with E-state index in [2.05, 4.69) is 0 Å². The van der Waals surface area contributed by atoms with E-state index in [0.717, 1.165) is 16.5 Å². The summed E-state index contributed by atoms with van der Waals surface area (Å²) >= 11 is 1.38. The third-order valence-corrected chi connectivity index (χ3v) is 3.61. The molecule has 2 aromatic rings. The van der Waals surface area contributed by atoms with Crippen molar-refractivity contribution in [2.24, 2.45) is 5.73 Å². The van der Waals surface area contributed by atoms with Crippen LogP contribution in [0.4, 0.5) is 8.78 Å². The van der Waals surface area contributed by atoms with E-state index in [-0.39, 0.29) is 6.04 Å². The molecule has 94 valence electrons. The maximum absolute atomic E-state index is 13.1. The van der Waals surface area contributed by atoms with Crippen LogP contribution in [-0.2, 0) is 0 Å². The lowest BCUT2D eigenvalue weighted by Gasteiger charge is -2.12. The van der Waals surface area contributed by atoms with Crippen molar-refractivity contribution in [3.05, 3.63) is 59.7 Å². The Morgan fingerprint density at radius 1 is 1.06 bits per heavy atom. The second-order valence-corrected chi connectivity index (χ2v) is 5.12. The molecule has 2 rings (SSSR count). The third kappa shape index (κ3) is 2.89. The van der Waals surface area contributed by atoms with Crippen LogP contribution in [0, 0.1) is 11.6 Å². The summed E-state index contributed by atoms with van der Waals surface area (Å²) in [5.41, 5.74) is 6.87. The van der Waals surface area contributed by atoms with Gasteiger partial charge >= 0.3 is 0 Å². The Kier molecular flexibility index (Phi) is 3.99. The Morgan fingerprint density at radius 2 is 1.78 bits per heavy atom. The van der Waals surface area contributed by atoms with E-state index in [1.807, 2.05) is 31.2 Å². The monoisotopic (exact) mass is 265 g/mol. The van der Waals surface area contributed by atoms with E-state index in [9.17, 15) is 8.78 Å². The molecule has 0 unspecified atom stereocenters. The number of halogens is 2. The van der Waals surface area contributed by atoms with Gasteiger partial charge in [0.15, 0.2) is 11.6 Å². The van der Waals surface area contributed by atoms with E-state index in [1.165, 1.54) is 17.8 Å². The Balaban J connectivity index is 2.31. The molecular formula is C14H13F2NS. The smallest absolute Gasteiger partial charge is 0.159 e.